The first-order chi connectivity index (χ1) is 16.6. The Kier molecular flexibility index (Phi) is 5.81. The predicted molar refractivity (Wildman–Crippen MR) is 131 cm³/mol. The molecule has 1 saturated heterocycles. The Morgan fingerprint density at radius 1 is 1.21 bits per heavy atom. The summed E-state index contributed by atoms with van der Waals surface area (Å²) in [6, 6.07) is 0.502. The minimum absolute atomic E-state index is 0.0518. The van der Waals surface area contributed by atoms with Crippen LogP contribution in [0, 0.1) is 17.8 Å². The summed E-state index contributed by atoms with van der Waals surface area (Å²) >= 11 is 1.59. The summed E-state index contributed by atoms with van der Waals surface area (Å²) in [4.78, 5) is 27.1. The maximum atomic E-state index is 13.3. The van der Waals surface area contributed by atoms with Gasteiger partial charge in [-0.2, -0.15) is 0 Å². The molecule has 3 atom stereocenters. The summed E-state index contributed by atoms with van der Waals surface area (Å²) < 4.78 is 2.14. The largest absolute Gasteiger partial charge is 0.352 e. The Morgan fingerprint density at radius 2 is 2.06 bits per heavy atom. The van der Waals surface area contributed by atoms with Gasteiger partial charge in [-0.3, -0.25) is 14.2 Å². The van der Waals surface area contributed by atoms with Crippen LogP contribution in [-0.4, -0.2) is 52.3 Å². The predicted octanol–water partition coefficient (Wildman–Crippen LogP) is 2.58. The first-order valence-electron chi connectivity index (χ1n) is 12.7. The first kappa shape index (κ1) is 22.0. The lowest BCUT2D eigenvalue weighted by molar-refractivity contribution is -0.117. The molecule has 3 heterocycles. The van der Waals surface area contributed by atoms with Crippen LogP contribution in [0.1, 0.15) is 65.9 Å². The second kappa shape index (κ2) is 8.96. The molecule has 0 aromatic carbocycles. The van der Waals surface area contributed by atoms with Crippen molar-refractivity contribution in [2.45, 2.75) is 64.0 Å². The third-order valence-electron chi connectivity index (χ3n) is 7.69. The van der Waals surface area contributed by atoms with Gasteiger partial charge in [0.25, 0.3) is 5.91 Å². The van der Waals surface area contributed by atoms with Crippen molar-refractivity contribution in [2.75, 3.05) is 30.3 Å². The molecule has 9 nitrogen and oxygen atoms in total. The summed E-state index contributed by atoms with van der Waals surface area (Å²) in [5, 5.41) is 22.5. The van der Waals surface area contributed by atoms with Crippen LogP contribution in [-0.2, 0) is 17.6 Å². The van der Waals surface area contributed by atoms with Crippen LogP contribution >= 0.6 is 11.3 Å². The standard InChI is InChI=1S/C24H33N7O2S/c1-13-9-25-11-18(13)28-24-30-27-12-31(24)16-6-7-19-17(8-16)20(22(33)26-10-14-2-3-14)23(34-19)29-21(32)15-4-5-15/h12-16,18,25H,2-11H2,1H3,(H,26,33)(H,28,30)(H,29,32)/t13?,16-,18?/m0/s1. The summed E-state index contributed by atoms with van der Waals surface area (Å²) in [6.45, 7) is 4.88. The van der Waals surface area contributed by atoms with Crippen LogP contribution in [0.4, 0.5) is 10.9 Å². The molecule has 2 saturated carbocycles. The summed E-state index contributed by atoms with van der Waals surface area (Å²) in [7, 11) is 0. The van der Waals surface area contributed by atoms with Crippen molar-refractivity contribution in [2.24, 2.45) is 17.8 Å². The molecule has 4 N–H and O–H groups in total. The highest BCUT2D eigenvalue weighted by Crippen LogP contribution is 2.42. The van der Waals surface area contributed by atoms with Crippen LogP contribution < -0.4 is 21.3 Å². The van der Waals surface area contributed by atoms with E-state index in [1.54, 1.807) is 17.7 Å². The van der Waals surface area contributed by atoms with Crippen LogP contribution in [0.5, 0.6) is 0 Å². The highest BCUT2D eigenvalue weighted by atomic mass is 32.1. The zero-order chi connectivity index (χ0) is 23.2. The van der Waals surface area contributed by atoms with Gasteiger partial charge in [-0.1, -0.05) is 6.92 Å². The molecule has 2 aromatic rings. The first-order valence-corrected chi connectivity index (χ1v) is 13.5. The Balaban J connectivity index is 1.25. The number of nitrogens with zero attached hydrogens (tertiary/aromatic N) is 3. The minimum Gasteiger partial charge on any atom is -0.352 e. The maximum Gasteiger partial charge on any atom is 0.254 e. The number of rotatable bonds is 8. The number of carbonyl (C=O) groups excluding carboxylic acids is 2. The zero-order valence-electron chi connectivity index (χ0n) is 19.6. The molecule has 0 radical (unpaired) electrons. The minimum atomic E-state index is -0.0518. The van der Waals surface area contributed by atoms with Crippen LogP contribution in [0.15, 0.2) is 6.33 Å². The topological polar surface area (TPSA) is 113 Å². The maximum absolute atomic E-state index is 13.3. The normalized spacial score (nSPS) is 26.2. The van der Waals surface area contributed by atoms with E-state index in [9.17, 15) is 9.59 Å². The SMILES string of the molecule is CC1CNCC1Nc1nncn1[C@H]1CCc2sc(NC(=O)C3CC3)c(C(=O)NCC3CC3)c2C1. The smallest absolute Gasteiger partial charge is 0.254 e. The number of carbonyl (C=O) groups is 2. The van der Waals surface area contributed by atoms with Crippen molar-refractivity contribution in [1.29, 1.82) is 0 Å². The van der Waals surface area contributed by atoms with Gasteiger partial charge in [0, 0.05) is 36.0 Å². The van der Waals surface area contributed by atoms with Gasteiger partial charge in [0.2, 0.25) is 11.9 Å². The Labute approximate surface area is 203 Å². The molecule has 0 spiro atoms. The third-order valence-corrected chi connectivity index (χ3v) is 8.90. The Hall–Kier alpha value is -2.46. The van der Waals surface area contributed by atoms with Crippen LogP contribution in [0.2, 0.25) is 0 Å². The van der Waals surface area contributed by atoms with E-state index in [1.807, 2.05) is 0 Å². The molecule has 10 heteroatoms. The highest BCUT2D eigenvalue weighted by Gasteiger charge is 2.35. The van der Waals surface area contributed by atoms with Gasteiger partial charge in [0.15, 0.2) is 0 Å². The Bertz CT molecular complexity index is 1090. The fourth-order valence-corrected chi connectivity index (χ4v) is 6.36. The molecule has 1 aliphatic heterocycles. The van der Waals surface area contributed by atoms with Crippen LogP contribution in [0.3, 0.4) is 0 Å². The molecule has 3 aliphatic carbocycles. The van der Waals surface area contributed by atoms with E-state index in [-0.39, 0.29) is 23.8 Å². The molecular weight excluding hydrogens is 450 g/mol. The van der Waals surface area contributed by atoms with Crippen molar-refractivity contribution in [3.05, 3.63) is 22.3 Å². The fourth-order valence-electron chi connectivity index (χ4n) is 5.12. The van der Waals surface area contributed by atoms with Gasteiger partial charge in [-0.05, 0) is 68.9 Å². The second-order valence-electron chi connectivity index (χ2n) is 10.5. The summed E-state index contributed by atoms with van der Waals surface area (Å²) in [5.41, 5.74) is 1.76. The van der Waals surface area contributed by atoms with Gasteiger partial charge < -0.3 is 21.3 Å². The number of amides is 2. The molecular formula is C24H33N7O2S. The van der Waals surface area contributed by atoms with Crippen molar-refractivity contribution >= 4 is 34.1 Å². The number of anilines is 2. The van der Waals surface area contributed by atoms with Crippen LogP contribution in [0.25, 0.3) is 0 Å². The Morgan fingerprint density at radius 3 is 2.79 bits per heavy atom. The number of hydrogen-bond donors (Lipinski definition) is 4. The van der Waals surface area contributed by atoms with Gasteiger partial charge >= 0.3 is 0 Å². The lowest BCUT2D eigenvalue weighted by atomic mass is 9.91. The molecule has 34 heavy (non-hydrogen) atoms. The lowest BCUT2D eigenvalue weighted by Crippen LogP contribution is -2.30. The lowest BCUT2D eigenvalue weighted by Gasteiger charge is -2.26. The molecule has 3 fully saturated rings. The van der Waals surface area contributed by atoms with Gasteiger partial charge in [-0.25, -0.2) is 0 Å². The number of aryl methyl sites for hydroxylation is 1. The van der Waals surface area contributed by atoms with E-state index in [0.29, 0.717) is 23.4 Å². The number of hydrogen-bond acceptors (Lipinski definition) is 7. The molecule has 2 aromatic heterocycles. The van der Waals surface area contributed by atoms with Gasteiger partial charge in [-0.15, -0.1) is 21.5 Å². The van der Waals surface area contributed by atoms with Crippen molar-refractivity contribution < 1.29 is 9.59 Å². The zero-order valence-corrected chi connectivity index (χ0v) is 20.4. The number of nitrogens with one attached hydrogen (secondary N) is 4. The van der Waals surface area contributed by atoms with E-state index in [4.69, 9.17) is 0 Å². The van der Waals surface area contributed by atoms with E-state index < -0.39 is 0 Å². The van der Waals surface area contributed by atoms with Crippen molar-refractivity contribution in [1.82, 2.24) is 25.4 Å². The molecule has 2 amide bonds. The van der Waals surface area contributed by atoms with E-state index >= 15 is 0 Å². The van der Waals surface area contributed by atoms with E-state index in [2.05, 4.69) is 43.0 Å². The molecule has 182 valence electrons. The van der Waals surface area contributed by atoms with E-state index in [1.165, 1.54) is 17.7 Å². The number of fused-ring (bicyclic) bond motifs is 1. The molecule has 4 aliphatic rings. The molecule has 2 unspecified atom stereocenters. The van der Waals surface area contributed by atoms with Crippen molar-refractivity contribution in [3.8, 4) is 0 Å². The molecule has 0 bridgehead atoms. The number of aromatic nitrogens is 3. The quantitative estimate of drug-likeness (QED) is 0.459. The monoisotopic (exact) mass is 483 g/mol. The summed E-state index contributed by atoms with van der Waals surface area (Å²) in [6.07, 6.45) is 8.65. The highest BCUT2D eigenvalue weighted by molar-refractivity contribution is 7.17. The average Bonchev–Trinajstić information content (AvgIpc) is 3.73. The second-order valence-corrected chi connectivity index (χ2v) is 11.6. The van der Waals surface area contributed by atoms with Gasteiger partial charge in [0.05, 0.1) is 5.56 Å². The number of thiophene rings is 1. The van der Waals surface area contributed by atoms with Gasteiger partial charge in [0.1, 0.15) is 11.3 Å². The van der Waals surface area contributed by atoms with Crippen molar-refractivity contribution in [3.63, 3.8) is 0 Å². The third kappa shape index (κ3) is 4.45. The fraction of sp³-hybridized carbons (Fsp3) is 0.667. The van der Waals surface area contributed by atoms with E-state index in [0.717, 1.165) is 68.3 Å². The average molecular weight is 484 g/mol. The summed E-state index contributed by atoms with van der Waals surface area (Å²) in [5.74, 6) is 2.03. The molecule has 6 rings (SSSR count).